The lowest BCUT2D eigenvalue weighted by Crippen LogP contribution is -2.70. The van der Waals surface area contributed by atoms with Gasteiger partial charge in [0.05, 0.1) is 40.1 Å². The number of aromatic nitrogens is 2. The number of hydrogen-bond donors (Lipinski definition) is 3. The van der Waals surface area contributed by atoms with Gasteiger partial charge in [0, 0.05) is 81.5 Å². The van der Waals surface area contributed by atoms with Crippen molar-refractivity contribution in [3.8, 4) is 5.75 Å². The molecule has 4 amide bonds. The summed E-state index contributed by atoms with van der Waals surface area (Å²) in [7, 11) is 1.45. The van der Waals surface area contributed by atoms with Crippen molar-refractivity contribution in [1.29, 1.82) is 0 Å². The summed E-state index contributed by atoms with van der Waals surface area (Å²) in [6.07, 6.45) is 3.86. The van der Waals surface area contributed by atoms with Crippen LogP contribution in [0.25, 0.3) is 10.9 Å². The van der Waals surface area contributed by atoms with Crippen LogP contribution in [-0.4, -0.2) is 114 Å². The number of piperidine rings is 3. The average Bonchev–Trinajstić information content (AvgIpc) is 3.58. The van der Waals surface area contributed by atoms with Crippen LogP contribution in [0.5, 0.6) is 5.75 Å². The van der Waals surface area contributed by atoms with Gasteiger partial charge in [0.15, 0.2) is 18.2 Å². The molecule has 15 nitrogen and oxygen atoms in total. The largest absolute Gasteiger partial charge is 0.478 e. The molecular weight excluding hydrogens is 867 g/mol. The van der Waals surface area contributed by atoms with Crippen molar-refractivity contribution in [2.24, 2.45) is 11.3 Å². The average molecular weight is 918 g/mol. The van der Waals surface area contributed by atoms with Crippen molar-refractivity contribution in [3.63, 3.8) is 0 Å². The first kappa shape index (κ1) is 44.3. The van der Waals surface area contributed by atoms with E-state index in [2.05, 4.69) is 25.8 Å². The second-order valence-electron chi connectivity index (χ2n) is 18.2. The van der Waals surface area contributed by atoms with Gasteiger partial charge >= 0.3 is 0 Å². The highest BCUT2D eigenvalue weighted by atomic mass is 35.5. The molecule has 0 radical (unpaired) electrons. The number of imide groups is 1. The predicted octanol–water partition coefficient (Wildman–Crippen LogP) is 5.46. The Labute approximate surface area is 378 Å². The van der Waals surface area contributed by atoms with Gasteiger partial charge in [-0.2, -0.15) is 0 Å². The Bertz CT molecular complexity index is 2650. The van der Waals surface area contributed by atoms with Crippen molar-refractivity contribution in [2.45, 2.75) is 70.5 Å². The maximum Gasteiger partial charge on any atom is 0.293 e. The van der Waals surface area contributed by atoms with Crippen LogP contribution >= 0.6 is 11.6 Å². The molecule has 3 N–H and O–H groups in total. The summed E-state index contributed by atoms with van der Waals surface area (Å²) in [6.45, 7) is 5.97. The van der Waals surface area contributed by atoms with E-state index in [-0.39, 0.29) is 84.6 Å². The van der Waals surface area contributed by atoms with Gasteiger partial charge in [0.25, 0.3) is 23.3 Å². The van der Waals surface area contributed by atoms with Crippen LogP contribution < -0.4 is 36.0 Å². The Morgan fingerprint density at radius 3 is 2.46 bits per heavy atom. The van der Waals surface area contributed by atoms with E-state index in [9.17, 15) is 24.0 Å². The van der Waals surface area contributed by atoms with E-state index in [0.717, 1.165) is 24.1 Å². The van der Waals surface area contributed by atoms with E-state index >= 15 is 13.2 Å². The Morgan fingerprint density at radius 1 is 0.985 bits per heavy atom. The molecule has 9 rings (SSSR count). The molecule has 1 unspecified atom stereocenters. The summed E-state index contributed by atoms with van der Waals surface area (Å²) in [6, 6.07) is 10.6. The maximum atomic E-state index is 16.3. The molecule has 4 saturated heterocycles. The number of carbonyl (C=O) groups excluding carboxylic acids is 4. The molecule has 0 aliphatic carbocycles. The van der Waals surface area contributed by atoms with E-state index in [1.807, 2.05) is 15.9 Å². The van der Waals surface area contributed by atoms with Crippen LogP contribution in [0.1, 0.15) is 67.9 Å². The number of ether oxygens (including phenoxy) is 1. The van der Waals surface area contributed by atoms with Crippen molar-refractivity contribution in [3.05, 3.63) is 81.0 Å². The second kappa shape index (κ2) is 17.2. The van der Waals surface area contributed by atoms with Gasteiger partial charge in [0.1, 0.15) is 11.9 Å². The first-order valence-electron chi connectivity index (χ1n) is 22.1. The number of alkyl halides is 2. The summed E-state index contributed by atoms with van der Waals surface area (Å²) >= 11 is 6.57. The van der Waals surface area contributed by atoms with Gasteiger partial charge in [-0.25, -0.2) is 18.2 Å². The fourth-order valence-electron chi connectivity index (χ4n) is 10.1. The molecule has 5 aliphatic heterocycles. The highest BCUT2D eigenvalue weighted by Crippen LogP contribution is 2.52. The number of nitrogens with zero attached hydrogens (tertiary/aromatic N) is 6. The van der Waals surface area contributed by atoms with Gasteiger partial charge < -0.3 is 34.6 Å². The summed E-state index contributed by atoms with van der Waals surface area (Å²) < 4.78 is 55.4. The normalized spacial score (nSPS) is 20.9. The molecular formula is C46H51ClF3N9O6. The summed E-state index contributed by atoms with van der Waals surface area (Å²) in [5.41, 5.74) is 1.29. The predicted molar refractivity (Wildman–Crippen MR) is 239 cm³/mol. The third-order valence-electron chi connectivity index (χ3n) is 13.8. The molecule has 7 heterocycles. The van der Waals surface area contributed by atoms with Crippen molar-refractivity contribution < 1.29 is 37.1 Å². The highest BCUT2D eigenvalue weighted by molar-refractivity contribution is 6.33. The number of nitrogens with one attached hydrogen (secondary N) is 3. The number of likely N-dealkylation sites (tertiary alicyclic amines) is 1. The van der Waals surface area contributed by atoms with E-state index in [4.69, 9.17) is 16.3 Å². The minimum atomic E-state index is -2.89. The summed E-state index contributed by atoms with van der Waals surface area (Å²) in [5.74, 6) is -4.36. The smallest absolute Gasteiger partial charge is 0.293 e. The Kier molecular flexibility index (Phi) is 11.7. The summed E-state index contributed by atoms with van der Waals surface area (Å²) in [5, 5.41) is 8.23. The van der Waals surface area contributed by atoms with Crippen molar-refractivity contribution in [2.75, 3.05) is 74.6 Å². The number of halogens is 4. The van der Waals surface area contributed by atoms with Gasteiger partial charge in [-0.15, -0.1) is 0 Å². The molecule has 19 heteroatoms. The second-order valence-corrected chi connectivity index (χ2v) is 18.7. The monoisotopic (exact) mass is 917 g/mol. The lowest BCUT2D eigenvalue weighted by Gasteiger charge is -2.58. The van der Waals surface area contributed by atoms with E-state index in [1.54, 1.807) is 38.1 Å². The molecule has 2 aromatic heterocycles. The van der Waals surface area contributed by atoms with Gasteiger partial charge in [-0.05, 0) is 94.0 Å². The quantitative estimate of drug-likeness (QED) is 0.164. The number of likely N-dealkylation sites (N-methyl/N-ethyl adjacent to an activating group) is 1. The fraction of sp³-hybridized carbons (Fsp3) is 0.478. The number of hydrogen-bond acceptors (Lipinski definition) is 11. The molecule has 5 aliphatic rings. The number of anilines is 4. The Balaban J connectivity index is 0.794. The number of amides is 4. The highest BCUT2D eigenvalue weighted by Gasteiger charge is 2.62. The fourth-order valence-corrected chi connectivity index (χ4v) is 10.2. The number of benzene rings is 2. The van der Waals surface area contributed by atoms with Gasteiger partial charge in [-0.3, -0.25) is 34.2 Å². The molecule has 4 aromatic rings. The van der Waals surface area contributed by atoms with E-state index in [0.29, 0.717) is 55.2 Å². The number of pyridine rings is 2. The van der Waals surface area contributed by atoms with Gasteiger partial charge in [-0.1, -0.05) is 11.6 Å². The molecule has 65 heavy (non-hydrogen) atoms. The van der Waals surface area contributed by atoms with E-state index < -0.39 is 47.2 Å². The Morgan fingerprint density at radius 2 is 1.75 bits per heavy atom. The minimum absolute atomic E-state index is 0.109. The maximum absolute atomic E-state index is 16.3. The topological polar surface area (TPSA) is 161 Å². The van der Waals surface area contributed by atoms with Crippen molar-refractivity contribution >= 4 is 69.0 Å². The zero-order valence-corrected chi connectivity index (χ0v) is 37.2. The van der Waals surface area contributed by atoms with Gasteiger partial charge in [0.2, 0.25) is 11.8 Å². The molecule has 0 saturated carbocycles. The molecule has 0 bridgehead atoms. The molecule has 1 atom stereocenters. The molecule has 344 valence electrons. The number of rotatable bonds is 11. The first-order chi connectivity index (χ1) is 31.0. The van der Waals surface area contributed by atoms with Crippen LogP contribution in [0.2, 0.25) is 5.02 Å². The third-order valence-corrected chi connectivity index (χ3v) is 14.1. The van der Waals surface area contributed by atoms with Crippen LogP contribution in [0, 0.1) is 17.2 Å². The zero-order chi connectivity index (χ0) is 45.9. The van der Waals surface area contributed by atoms with Crippen LogP contribution in [0.3, 0.4) is 0 Å². The van der Waals surface area contributed by atoms with Crippen LogP contribution in [0.4, 0.5) is 36.1 Å². The third kappa shape index (κ3) is 8.23. The van der Waals surface area contributed by atoms with E-state index in [1.165, 1.54) is 34.8 Å². The van der Waals surface area contributed by atoms with Crippen molar-refractivity contribution in [1.82, 2.24) is 30.0 Å². The number of carbonyl (C=O) groups is 4. The molecule has 1 spiro atoms. The van der Waals surface area contributed by atoms with Crippen LogP contribution in [0.15, 0.2) is 53.5 Å². The molecule has 2 aromatic carbocycles. The lowest BCUT2D eigenvalue weighted by atomic mass is 9.68. The lowest BCUT2D eigenvalue weighted by molar-refractivity contribution is -0.181. The summed E-state index contributed by atoms with van der Waals surface area (Å²) in [4.78, 5) is 74.4. The Hall–Kier alpha value is -5.88. The number of fused-ring (bicyclic) bond motifs is 2. The standard InChI is InChI=1S/C46H51ClF3N9O6/c1-26(2)59-35-7-6-33(41(48)31(35)17-37(44(59)64)65-22-40(61)51-3)53-34-18-38(52-19-32(34)47)56-13-10-27(11-14-56)20-55-15-12-45(46(49,50)25-55)23-57(24-45)29-4-5-30-28(16-29)21-58(43(30)63)36-8-9-39(60)54-42(36)62/h4-7,16-19,26-27,36H,8-15,20-25H2,1-3H3,(H,51,61)(H,52,53)(H,54,60,62). The zero-order valence-electron chi connectivity index (χ0n) is 36.4. The minimum Gasteiger partial charge on any atom is -0.478 e. The molecule has 4 fully saturated rings. The van der Waals surface area contributed by atoms with Crippen LogP contribution in [-0.2, 0) is 20.9 Å². The SMILES string of the molecule is CNC(=O)COc1cc2c(F)c(Nc3cc(N4CCC(CN5CCC6(CN(c7ccc8c(c7)CN(C7CCC(=O)NC7=O)C8=O)C6)C(F)(F)C5)CC4)ncc3Cl)ccc2n(C(C)C)c1=O. The first-order valence-corrected chi connectivity index (χ1v) is 22.4.